The van der Waals surface area contributed by atoms with Crippen molar-refractivity contribution in [3.05, 3.63) is 180 Å². The Morgan fingerprint density at radius 1 is 0.510 bits per heavy atom. The van der Waals surface area contributed by atoms with Crippen molar-refractivity contribution in [2.24, 2.45) is 0 Å². The first-order chi connectivity index (χ1) is 24.3. The molecule has 1 spiro atoms. The molecule has 11 rings (SSSR count). The maximum atomic E-state index is 6.63. The molecule has 0 bridgehead atoms. The largest absolute Gasteiger partial charge is 0.457 e. The van der Waals surface area contributed by atoms with Gasteiger partial charge in [-0.25, -0.2) is 9.97 Å². The van der Waals surface area contributed by atoms with Crippen molar-refractivity contribution < 1.29 is 4.74 Å². The highest BCUT2D eigenvalue weighted by Gasteiger charge is 2.52. The fourth-order valence-corrected chi connectivity index (χ4v) is 9.47. The summed E-state index contributed by atoms with van der Waals surface area (Å²) in [6.45, 7) is 0. The van der Waals surface area contributed by atoms with E-state index in [-0.39, 0.29) is 0 Å². The quantitative estimate of drug-likeness (QED) is 0.188. The van der Waals surface area contributed by atoms with Crippen LogP contribution in [0.25, 0.3) is 64.8 Å². The van der Waals surface area contributed by atoms with E-state index >= 15 is 0 Å². The van der Waals surface area contributed by atoms with Crippen LogP contribution in [-0.2, 0) is 5.41 Å². The van der Waals surface area contributed by atoms with Gasteiger partial charge < -0.3 is 4.74 Å². The Hall–Kier alpha value is -6.10. The first-order valence-electron chi connectivity index (χ1n) is 16.6. The molecule has 0 saturated heterocycles. The number of benzene rings is 7. The van der Waals surface area contributed by atoms with Crippen molar-refractivity contribution in [1.29, 1.82) is 0 Å². The molecule has 0 atom stereocenters. The molecular formula is C45H26N2OS. The minimum Gasteiger partial charge on any atom is -0.457 e. The van der Waals surface area contributed by atoms with Gasteiger partial charge in [-0.3, -0.25) is 0 Å². The van der Waals surface area contributed by atoms with Crippen LogP contribution in [-0.4, -0.2) is 9.97 Å². The molecule has 2 aliphatic rings. The number of thiophene rings is 1. The summed E-state index contributed by atoms with van der Waals surface area (Å²) in [4.78, 5) is 10.7. The summed E-state index contributed by atoms with van der Waals surface area (Å²) in [6, 6.07) is 56.3. The Bertz CT molecular complexity index is 2770. The SMILES string of the molecule is c1ccc(-c2nc(-c3cccc4c3-c3cc5ccccc5cc3C43c4ccccc4Oc4ccccc43)c3sc4ccccc4c3n2)cc1. The van der Waals surface area contributed by atoms with Crippen LogP contribution in [0.5, 0.6) is 11.5 Å². The number of nitrogens with zero attached hydrogens (tertiary/aromatic N) is 2. The van der Waals surface area contributed by atoms with E-state index in [0.717, 1.165) is 60.9 Å². The highest BCUT2D eigenvalue weighted by molar-refractivity contribution is 7.26. The number of hydrogen-bond donors (Lipinski definition) is 0. The monoisotopic (exact) mass is 642 g/mol. The molecule has 0 radical (unpaired) electrons. The predicted molar refractivity (Wildman–Crippen MR) is 201 cm³/mol. The smallest absolute Gasteiger partial charge is 0.160 e. The van der Waals surface area contributed by atoms with E-state index in [0.29, 0.717) is 0 Å². The van der Waals surface area contributed by atoms with E-state index in [9.17, 15) is 0 Å². The second kappa shape index (κ2) is 9.96. The average Bonchev–Trinajstić information content (AvgIpc) is 3.68. The Labute approximate surface area is 286 Å². The zero-order valence-electron chi connectivity index (χ0n) is 26.2. The van der Waals surface area contributed by atoms with Gasteiger partial charge in [-0.05, 0) is 63.4 Å². The number of hydrogen-bond acceptors (Lipinski definition) is 4. The summed E-state index contributed by atoms with van der Waals surface area (Å²) in [5.41, 5.74) is 10.8. The normalized spacial score (nSPS) is 13.6. The third-order valence-corrected chi connectivity index (χ3v) is 11.5. The van der Waals surface area contributed by atoms with Crippen LogP contribution in [0.15, 0.2) is 158 Å². The Morgan fingerprint density at radius 3 is 1.96 bits per heavy atom. The lowest BCUT2D eigenvalue weighted by molar-refractivity contribution is 0.436. The van der Waals surface area contributed by atoms with Crippen LogP contribution in [0.3, 0.4) is 0 Å². The number of aromatic nitrogens is 2. The van der Waals surface area contributed by atoms with E-state index in [1.807, 2.05) is 6.07 Å². The third kappa shape index (κ3) is 3.61. The van der Waals surface area contributed by atoms with Crippen LogP contribution in [0, 0.1) is 0 Å². The van der Waals surface area contributed by atoms with Crippen molar-refractivity contribution in [3.63, 3.8) is 0 Å². The van der Waals surface area contributed by atoms with Gasteiger partial charge in [-0.1, -0.05) is 127 Å². The van der Waals surface area contributed by atoms with Gasteiger partial charge in [0, 0.05) is 32.3 Å². The second-order valence-electron chi connectivity index (χ2n) is 12.9. The van der Waals surface area contributed by atoms with E-state index in [4.69, 9.17) is 14.7 Å². The van der Waals surface area contributed by atoms with Crippen molar-refractivity contribution in [2.75, 3.05) is 0 Å². The Kier molecular flexibility index (Phi) is 5.47. The summed E-state index contributed by atoms with van der Waals surface area (Å²) in [7, 11) is 0. The molecule has 0 fully saturated rings. The van der Waals surface area contributed by atoms with Gasteiger partial charge in [0.2, 0.25) is 0 Å². The summed E-state index contributed by atoms with van der Waals surface area (Å²) in [6.07, 6.45) is 0. The number of fused-ring (bicyclic) bond motifs is 13. The van der Waals surface area contributed by atoms with Gasteiger partial charge in [0.15, 0.2) is 5.82 Å². The van der Waals surface area contributed by atoms with Crippen LogP contribution >= 0.6 is 11.3 Å². The molecule has 7 aromatic carbocycles. The third-order valence-electron chi connectivity index (χ3n) is 10.3. The van der Waals surface area contributed by atoms with E-state index in [1.165, 1.54) is 37.7 Å². The predicted octanol–water partition coefficient (Wildman–Crippen LogP) is 11.8. The van der Waals surface area contributed by atoms with Crippen LogP contribution in [0.2, 0.25) is 0 Å². The molecular weight excluding hydrogens is 617 g/mol. The maximum Gasteiger partial charge on any atom is 0.160 e. The molecule has 0 saturated carbocycles. The summed E-state index contributed by atoms with van der Waals surface area (Å²) < 4.78 is 8.95. The molecule has 0 amide bonds. The first-order valence-corrected chi connectivity index (χ1v) is 17.4. The standard InChI is InChI=1S/C45H26N2OS/c1-2-13-27(14-3-1)44-46-41-30-17-6-11-24-39(30)49-43(41)42(47-44)31-18-12-21-35-40(31)32-25-28-15-4-5-16-29(28)26-36(32)45(35)33-19-7-9-22-37(33)48-38-23-10-8-20-34(38)45/h1-26H. The zero-order valence-corrected chi connectivity index (χ0v) is 27.0. The molecule has 1 aliphatic heterocycles. The minimum absolute atomic E-state index is 0.579. The van der Waals surface area contributed by atoms with Gasteiger partial charge in [-0.2, -0.15) is 0 Å². The van der Waals surface area contributed by atoms with Crippen molar-refractivity contribution in [2.45, 2.75) is 5.41 Å². The highest BCUT2D eigenvalue weighted by atomic mass is 32.1. The summed E-state index contributed by atoms with van der Waals surface area (Å²) >= 11 is 1.78. The Morgan fingerprint density at radius 2 is 1.16 bits per heavy atom. The molecule has 228 valence electrons. The lowest BCUT2D eigenvalue weighted by atomic mass is 9.66. The van der Waals surface area contributed by atoms with Crippen LogP contribution in [0.4, 0.5) is 0 Å². The highest BCUT2D eigenvalue weighted by Crippen LogP contribution is 2.64. The molecule has 0 unspecified atom stereocenters. The van der Waals surface area contributed by atoms with Crippen LogP contribution < -0.4 is 4.74 Å². The van der Waals surface area contributed by atoms with E-state index in [2.05, 4.69) is 152 Å². The van der Waals surface area contributed by atoms with Crippen LogP contribution in [0.1, 0.15) is 22.3 Å². The van der Waals surface area contributed by atoms with E-state index < -0.39 is 5.41 Å². The minimum atomic E-state index is -0.579. The molecule has 2 aromatic heterocycles. The van der Waals surface area contributed by atoms with E-state index in [1.54, 1.807) is 11.3 Å². The fourth-order valence-electron chi connectivity index (χ4n) is 8.32. The lowest BCUT2D eigenvalue weighted by Gasteiger charge is -2.39. The summed E-state index contributed by atoms with van der Waals surface area (Å²) in [5, 5.41) is 3.59. The lowest BCUT2D eigenvalue weighted by Crippen LogP contribution is -2.32. The number of rotatable bonds is 2. The van der Waals surface area contributed by atoms with Crippen molar-refractivity contribution in [3.8, 4) is 45.3 Å². The number of para-hydroxylation sites is 2. The van der Waals surface area contributed by atoms with Crippen molar-refractivity contribution >= 4 is 42.4 Å². The van der Waals surface area contributed by atoms with Gasteiger partial charge >= 0.3 is 0 Å². The van der Waals surface area contributed by atoms with Gasteiger partial charge in [-0.15, -0.1) is 11.3 Å². The molecule has 1 aliphatic carbocycles. The average molecular weight is 643 g/mol. The zero-order chi connectivity index (χ0) is 32.1. The second-order valence-corrected chi connectivity index (χ2v) is 13.9. The molecule has 3 heterocycles. The molecule has 9 aromatic rings. The van der Waals surface area contributed by atoms with Gasteiger partial charge in [0.1, 0.15) is 11.5 Å². The first kappa shape index (κ1) is 26.9. The van der Waals surface area contributed by atoms with Gasteiger partial charge in [0.25, 0.3) is 0 Å². The fraction of sp³-hybridized carbons (Fsp3) is 0.0222. The maximum absolute atomic E-state index is 6.63. The number of ether oxygens (including phenoxy) is 1. The molecule has 0 N–H and O–H groups in total. The molecule has 3 nitrogen and oxygen atoms in total. The van der Waals surface area contributed by atoms with Gasteiger partial charge in [0.05, 0.1) is 21.3 Å². The Balaban J connectivity index is 1.32. The summed E-state index contributed by atoms with van der Waals surface area (Å²) in [5.74, 6) is 2.51. The van der Waals surface area contributed by atoms with Crippen molar-refractivity contribution in [1.82, 2.24) is 9.97 Å². The topological polar surface area (TPSA) is 35.0 Å². The molecule has 4 heteroatoms. The molecule has 49 heavy (non-hydrogen) atoms.